The monoisotopic (exact) mass is 383 g/mol. The van der Waals surface area contributed by atoms with Crippen LogP contribution in [0, 0.1) is 17.0 Å². The number of nitro benzene ring substituents is 1. The summed E-state index contributed by atoms with van der Waals surface area (Å²) >= 11 is 0. The number of piperazine rings is 1. The molecule has 0 aliphatic carbocycles. The van der Waals surface area contributed by atoms with Gasteiger partial charge in [-0.15, -0.1) is 0 Å². The third-order valence-electron chi connectivity index (χ3n) is 4.63. The van der Waals surface area contributed by atoms with Gasteiger partial charge in [0.2, 0.25) is 5.91 Å². The van der Waals surface area contributed by atoms with Gasteiger partial charge in [0.25, 0.3) is 11.6 Å². The van der Waals surface area contributed by atoms with Gasteiger partial charge in [-0.1, -0.05) is 6.07 Å². The van der Waals surface area contributed by atoms with E-state index in [2.05, 4.69) is 10.3 Å². The van der Waals surface area contributed by atoms with Crippen LogP contribution < -0.4 is 10.2 Å². The van der Waals surface area contributed by atoms with Crippen molar-refractivity contribution >= 4 is 29.0 Å². The van der Waals surface area contributed by atoms with Gasteiger partial charge in [0.05, 0.1) is 4.92 Å². The summed E-state index contributed by atoms with van der Waals surface area (Å²) in [7, 11) is 0. The number of nitrogens with one attached hydrogen (secondary N) is 1. The van der Waals surface area contributed by atoms with Gasteiger partial charge in [-0.05, 0) is 31.2 Å². The Morgan fingerprint density at radius 2 is 1.86 bits per heavy atom. The molecule has 1 aromatic heterocycles. The molecule has 9 nitrogen and oxygen atoms in total. The predicted octanol–water partition coefficient (Wildman–Crippen LogP) is 2.22. The predicted molar refractivity (Wildman–Crippen MR) is 104 cm³/mol. The minimum absolute atomic E-state index is 0.00840. The fraction of sp³-hybridized carbons (Fsp3) is 0.316. The molecule has 0 atom stereocenters. The van der Waals surface area contributed by atoms with E-state index >= 15 is 0 Å². The Morgan fingerprint density at radius 3 is 2.46 bits per heavy atom. The lowest BCUT2D eigenvalue weighted by Crippen LogP contribution is -2.48. The summed E-state index contributed by atoms with van der Waals surface area (Å²) in [6.07, 6.45) is 0. The number of carbonyl (C=O) groups excluding carboxylic acids is 2. The van der Waals surface area contributed by atoms with E-state index in [0.717, 1.165) is 5.69 Å². The standard InChI is InChI=1S/C19H21N5O4/c1-13-4-3-5-18(20-13)21-19(26)15-6-7-16(17(12-15)24(27)28)23-10-8-22(9-11-23)14(2)25/h3-7,12H,8-11H2,1-2H3,(H,20,21,26). The minimum atomic E-state index is -0.492. The lowest BCUT2D eigenvalue weighted by atomic mass is 10.1. The zero-order valence-corrected chi connectivity index (χ0v) is 15.7. The topological polar surface area (TPSA) is 109 Å². The Balaban J connectivity index is 1.80. The molecular weight excluding hydrogens is 362 g/mol. The summed E-state index contributed by atoms with van der Waals surface area (Å²) < 4.78 is 0. The Labute approximate surface area is 162 Å². The summed E-state index contributed by atoms with van der Waals surface area (Å²) in [4.78, 5) is 42.8. The summed E-state index contributed by atoms with van der Waals surface area (Å²) in [5.74, 6) is -0.0860. The molecular formula is C19H21N5O4. The molecule has 3 rings (SSSR count). The first-order chi connectivity index (χ1) is 13.3. The number of aryl methyl sites for hydroxylation is 1. The number of pyridine rings is 1. The maximum Gasteiger partial charge on any atom is 0.293 e. The molecule has 146 valence electrons. The van der Waals surface area contributed by atoms with Crippen LogP contribution in [0.1, 0.15) is 23.0 Å². The molecule has 1 aliphatic heterocycles. The SMILES string of the molecule is CC(=O)N1CCN(c2ccc(C(=O)Nc3cccc(C)n3)cc2[N+](=O)[O-])CC1. The van der Waals surface area contributed by atoms with Crippen molar-refractivity contribution in [3.63, 3.8) is 0 Å². The van der Waals surface area contributed by atoms with Crippen LogP contribution in [0.4, 0.5) is 17.2 Å². The lowest BCUT2D eigenvalue weighted by Gasteiger charge is -2.35. The minimum Gasteiger partial charge on any atom is -0.362 e. The molecule has 0 radical (unpaired) electrons. The average Bonchev–Trinajstić information content (AvgIpc) is 2.67. The van der Waals surface area contributed by atoms with E-state index in [-0.39, 0.29) is 17.2 Å². The molecule has 2 aromatic rings. The Kier molecular flexibility index (Phi) is 5.53. The Morgan fingerprint density at radius 1 is 1.14 bits per heavy atom. The molecule has 1 aliphatic rings. The molecule has 0 bridgehead atoms. The van der Waals surface area contributed by atoms with Gasteiger partial charge in [0, 0.05) is 50.4 Å². The fourth-order valence-electron chi connectivity index (χ4n) is 3.14. The van der Waals surface area contributed by atoms with Crippen molar-refractivity contribution in [3.05, 3.63) is 57.8 Å². The molecule has 1 saturated heterocycles. The van der Waals surface area contributed by atoms with E-state index in [1.807, 2.05) is 4.90 Å². The van der Waals surface area contributed by atoms with Gasteiger partial charge in [-0.3, -0.25) is 19.7 Å². The highest BCUT2D eigenvalue weighted by Gasteiger charge is 2.26. The van der Waals surface area contributed by atoms with Crippen molar-refractivity contribution in [2.75, 3.05) is 36.4 Å². The number of carbonyl (C=O) groups is 2. The molecule has 1 N–H and O–H groups in total. The van der Waals surface area contributed by atoms with Crippen molar-refractivity contribution in [2.45, 2.75) is 13.8 Å². The van der Waals surface area contributed by atoms with Crippen LogP contribution in [0.5, 0.6) is 0 Å². The van der Waals surface area contributed by atoms with Crippen molar-refractivity contribution in [1.29, 1.82) is 0 Å². The molecule has 1 aromatic carbocycles. The molecule has 28 heavy (non-hydrogen) atoms. The van der Waals surface area contributed by atoms with E-state index < -0.39 is 10.8 Å². The van der Waals surface area contributed by atoms with E-state index in [4.69, 9.17) is 0 Å². The third kappa shape index (κ3) is 4.25. The first kappa shape index (κ1) is 19.3. The van der Waals surface area contributed by atoms with Crippen molar-refractivity contribution in [2.24, 2.45) is 0 Å². The molecule has 1 fully saturated rings. The highest BCUT2D eigenvalue weighted by molar-refractivity contribution is 6.04. The zero-order chi connectivity index (χ0) is 20.3. The van der Waals surface area contributed by atoms with Gasteiger partial charge in [-0.25, -0.2) is 4.98 Å². The number of hydrogen-bond acceptors (Lipinski definition) is 6. The number of anilines is 2. The van der Waals surface area contributed by atoms with Crippen LogP contribution in [0.2, 0.25) is 0 Å². The number of benzene rings is 1. The molecule has 0 unspecified atom stereocenters. The van der Waals surface area contributed by atoms with Gasteiger partial charge >= 0.3 is 0 Å². The van der Waals surface area contributed by atoms with E-state index in [0.29, 0.717) is 37.7 Å². The van der Waals surface area contributed by atoms with E-state index in [9.17, 15) is 19.7 Å². The number of rotatable bonds is 4. The number of hydrogen-bond donors (Lipinski definition) is 1. The quantitative estimate of drug-likeness (QED) is 0.640. The van der Waals surface area contributed by atoms with Crippen molar-refractivity contribution in [1.82, 2.24) is 9.88 Å². The third-order valence-corrected chi connectivity index (χ3v) is 4.63. The van der Waals surface area contributed by atoms with Crippen LogP contribution in [-0.4, -0.2) is 52.8 Å². The van der Waals surface area contributed by atoms with Gasteiger partial charge in [0.15, 0.2) is 0 Å². The summed E-state index contributed by atoms with van der Waals surface area (Å²) in [6, 6.07) is 9.65. The van der Waals surface area contributed by atoms with Gasteiger partial charge in [-0.2, -0.15) is 0 Å². The Bertz CT molecular complexity index is 922. The average molecular weight is 383 g/mol. The van der Waals surface area contributed by atoms with Crippen LogP contribution in [0.25, 0.3) is 0 Å². The lowest BCUT2D eigenvalue weighted by molar-refractivity contribution is -0.384. The normalized spacial score (nSPS) is 13.9. The number of amides is 2. The molecule has 9 heteroatoms. The van der Waals surface area contributed by atoms with Crippen LogP contribution >= 0.6 is 0 Å². The smallest absolute Gasteiger partial charge is 0.293 e. The van der Waals surface area contributed by atoms with Gasteiger partial charge in [0.1, 0.15) is 11.5 Å². The maximum atomic E-state index is 12.5. The summed E-state index contributed by atoms with van der Waals surface area (Å²) in [6.45, 7) is 5.33. The Hall–Kier alpha value is -3.49. The van der Waals surface area contributed by atoms with Crippen LogP contribution in [-0.2, 0) is 4.79 Å². The van der Waals surface area contributed by atoms with Gasteiger partial charge < -0.3 is 15.1 Å². The number of aromatic nitrogens is 1. The van der Waals surface area contributed by atoms with Crippen LogP contribution in [0.15, 0.2) is 36.4 Å². The zero-order valence-electron chi connectivity index (χ0n) is 15.7. The molecule has 2 amide bonds. The van der Waals surface area contributed by atoms with Crippen molar-refractivity contribution < 1.29 is 14.5 Å². The summed E-state index contributed by atoms with van der Waals surface area (Å²) in [5.41, 5.74) is 1.24. The molecule has 0 saturated carbocycles. The van der Waals surface area contributed by atoms with Crippen molar-refractivity contribution in [3.8, 4) is 0 Å². The first-order valence-electron chi connectivity index (χ1n) is 8.89. The van der Waals surface area contributed by atoms with E-state index in [1.54, 1.807) is 42.2 Å². The largest absolute Gasteiger partial charge is 0.362 e. The molecule has 2 heterocycles. The highest BCUT2D eigenvalue weighted by Crippen LogP contribution is 2.30. The second-order valence-electron chi connectivity index (χ2n) is 6.57. The fourth-order valence-corrected chi connectivity index (χ4v) is 3.14. The van der Waals surface area contributed by atoms with Crippen LogP contribution in [0.3, 0.4) is 0 Å². The molecule has 0 spiro atoms. The van der Waals surface area contributed by atoms with E-state index in [1.165, 1.54) is 13.0 Å². The second kappa shape index (κ2) is 8.03. The maximum absolute atomic E-state index is 12.5. The first-order valence-corrected chi connectivity index (χ1v) is 8.89. The summed E-state index contributed by atoms with van der Waals surface area (Å²) in [5, 5.41) is 14.2. The highest BCUT2D eigenvalue weighted by atomic mass is 16.6. The number of nitrogens with zero attached hydrogens (tertiary/aromatic N) is 4. The number of nitro groups is 1. The second-order valence-corrected chi connectivity index (χ2v) is 6.57.